The highest BCUT2D eigenvalue weighted by molar-refractivity contribution is 6.06. The standard InChI is InChI=1S/C34H47N3O10/c1-20(17-35-29(42)27-14-22(30(43)44)6-8-26(27)31(45)46)13-25(39)10-11-34(5)16-23(15-33(3,4)19-34)37-32(47)36-18-21(2)12-24(38)7-9-28(40)41/h6-9,14,20-21,23H,10-13,15-19H2,1-5H3,(H,35,42)(H,40,41)(H,43,44)(H,45,46)(H2,36,37,47)/b9-7-. The highest BCUT2D eigenvalue weighted by atomic mass is 16.4. The number of Topliss-reactive ketones (excluding diaryl/α,β-unsaturated/α-hetero) is 1. The van der Waals surface area contributed by atoms with Crippen molar-refractivity contribution in [3.8, 4) is 0 Å². The van der Waals surface area contributed by atoms with E-state index < -0.39 is 23.8 Å². The first kappa shape index (κ1) is 38.6. The Hall–Kier alpha value is -4.55. The fourth-order valence-corrected chi connectivity index (χ4v) is 6.50. The van der Waals surface area contributed by atoms with Crippen LogP contribution in [-0.2, 0) is 14.4 Å². The molecule has 47 heavy (non-hydrogen) atoms. The molecule has 13 heteroatoms. The Labute approximate surface area is 274 Å². The lowest BCUT2D eigenvalue weighted by Crippen LogP contribution is -2.50. The van der Waals surface area contributed by atoms with Crippen LogP contribution in [0.1, 0.15) is 111 Å². The number of nitrogens with one attached hydrogen (secondary N) is 3. The van der Waals surface area contributed by atoms with Crippen molar-refractivity contribution in [3.63, 3.8) is 0 Å². The Morgan fingerprint density at radius 2 is 1.49 bits per heavy atom. The van der Waals surface area contributed by atoms with Gasteiger partial charge in [-0.25, -0.2) is 19.2 Å². The van der Waals surface area contributed by atoms with E-state index in [4.69, 9.17) is 5.11 Å². The number of aromatic carboxylic acids is 2. The molecule has 1 aliphatic rings. The second kappa shape index (κ2) is 16.8. The molecule has 0 aliphatic heterocycles. The van der Waals surface area contributed by atoms with Crippen LogP contribution in [0, 0.1) is 22.7 Å². The normalized spacial score (nSPS) is 20.1. The monoisotopic (exact) mass is 657 g/mol. The first-order valence-electron chi connectivity index (χ1n) is 15.7. The molecule has 1 aliphatic carbocycles. The average Bonchev–Trinajstić information content (AvgIpc) is 2.95. The highest BCUT2D eigenvalue weighted by Gasteiger charge is 2.41. The molecule has 13 nitrogen and oxygen atoms in total. The van der Waals surface area contributed by atoms with E-state index in [1.807, 2.05) is 0 Å². The number of hydrogen-bond acceptors (Lipinski definition) is 7. The molecule has 1 aromatic carbocycles. The van der Waals surface area contributed by atoms with Gasteiger partial charge < -0.3 is 31.3 Å². The number of carbonyl (C=O) groups excluding carboxylic acids is 4. The Morgan fingerprint density at radius 1 is 0.851 bits per heavy atom. The Morgan fingerprint density at radius 3 is 2.11 bits per heavy atom. The van der Waals surface area contributed by atoms with E-state index in [2.05, 4.69) is 36.7 Å². The largest absolute Gasteiger partial charge is 0.478 e. The summed E-state index contributed by atoms with van der Waals surface area (Å²) in [6.07, 6.45) is 5.32. The number of benzene rings is 1. The Balaban J connectivity index is 1.87. The molecule has 0 heterocycles. The molecule has 258 valence electrons. The lowest BCUT2D eigenvalue weighted by Gasteiger charge is -2.47. The molecule has 0 spiro atoms. The van der Waals surface area contributed by atoms with E-state index in [1.165, 1.54) is 0 Å². The first-order valence-corrected chi connectivity index (χ1v) is 15.7. The molecule has 1 saturated carbocycles. The van der Waals surface area contributed by atoms with Gasteiger partial charge in [0.25, 0.3) is 5.91 Å². The summed E-state index contributed by atoms with van der Waals surface area (Å²) in [6.45, 7) is 10.3. The van der Waals surface area contributed by atoms with Crippen LogP contribution in [0.25, 0.3) is 0 Å². The summed E-state index contributed by atoms with van der Waals surface area (Å²) in [5, 5.41) is 35.7. The SMILES string of the molecule is CC(CNC(=O)NC1CC(C)(C)CC(C)(CCC(=O)CC(C)CNC(=O)c2cc(C(=O)O)ccc2C(=O)O)C1)CC(=O)/C=C\C(=O)O. The van der Waals surface area contributed by atoms with Crippen LogP contribution in [0.3, 0.4) is 0 Å². The molecule has 4 atom stereocenters. The quantitative estimate of drug-likeness (QED) is 0.130. The lowest BCUT2D eigenvalue weighted by atomic mass is 9.61. The summed E-state index contributed by atoms with van der Waals surface area (Å²) in [5.41, 5.74) is -1.11. The molecule has 1 aromatic rings. The zero-order chi connectivity index (χ0) is 35.5. The molecule has 0 saturated heterocycles. The van der Waals surface area contributed by atoms with Gasteiger partial charge in [-0.2, -0.15) is 0 Å². The second-order valence-corrected chi connectivity index (χ2v) is 14.0. The fraction of sp³-hybridized carbons (Fsp3) is 0.559. The predicted octanol–water partition coefficient (Wildman–Crippen LogP) is 4.31. The summed E-state index contributed by atoms with van der Waals surface area (Å²) in [4.78, 5) is 83.6. The number of carboxylic acids is 3. The number of allylic oxidation sites excluding steroid dienone is 1. The number of ketones is 2. The third-order valence-corrected chi connectivity index (χ3v) is 8.29. The van der Waals surface area contributed by atoms with E-state index in [0.29, 0.717) is 19.3 Å². The van der Waals surface area contributed by atoms with Gasteiger partial charge in [0.05, 0.1) is 16.7 Å². The van der Waals surface area contributed by atoms with Crippen LogP contribution in [0.2, 0.25) is 0 Å². The molecule has 0 aromatic heterocycles. The lowest BCUT2D eigenvalue weighted by molar-refractivity contribution is -0.131. The van der Waals surface area contributed by atoms with Gasteiger partial charge in [0, 0.05) is 44.5 Å². The van der Waals surface area contributed by atoms with Crippen molar-refractivity contribution in [3.05, 3.63) is 47.0 Å². The molecule has 6 N–H and O–H groups in total. The van der Waals surface area contributed by atoms with Gasteiger partial charge in [0.1, 0.15) is 5.78 Å². The topological polar surface area (TPSA) is 216 Å². The number of rotatable bonds is 17. The first-order chi connectivity index (χ1) is 21.8. The Bertz CT molecular complexity index is 1400. The number of aliphatic carboxylic acids is 1. The summed E-state index contributed by atoms with van der Waals surface area (Å²) < 4.78 is 0. The summed E-state index contributed by atoms with van der Waals surface area (Å²) in [7, 11) is 0. The molecule has 4 unspecified atom stereocenters. The fourth-order valence-electron chi connectivity index (χ4n) is 6.50. The maximum absolute atomic E-state index is 12.9. The molecule has 3 amide bonds. The maximum atomic E-state index is 12.9. The van der Waals surface area contributed by atoms with Gasteiger partial charge in [0.15, 0.2) is 5.78 Å². The van der Waals surface area contributed by atoms with Crippen molar-refractivity contribution in [2.24, 2.45) is 22.7 Å². The second-order valence-electron chi connectivity index (χ2n) is 14.0. The van der Waals surface area contributed by atoms with Crippen molar-refractivity contribution in [1.29, 1.82) is 0 Å². The number of hydrogen-bond donors (Lipinski definition) is 6. The van der Waals surface area contributed by atoms with E-state index in [9.17, 15) is 43.8 Å². The van der Waals surface area contributed by atoms with Gasteiger partial charge >= 0.3 is 23.9 Å². The molecule has 1 fully saturated rings. The zero-order valence-electron chi connectivity index (χ0n) is 27.7. The van der Waals surface area contributed by atoms with Crippen LogP contribution in [0.5, 0.6) is 0 Å². The molecule has 2 rings (SSSR count). The zero-order valence-corrected chi connectivity index (χ0v) is 27.7. The number of carbonyl (C=O) groups is 7. The van der Waals surface area contributed by atoms with Gasteiger partial charge in [-0.15, -0.1) is 0 Å². The predicted molar refractivity (Wildman–Crippen MR) is 172 cm³/mol. The van der Waals surface area contributed by atoms with Crippen LogP contribution in [0.15, 0.2) is 30.4 Å². The van der Waals surface area contributed by atoms with Crippen molar-refractivity contribution >= 4 is 41.4 Å². The van der Waals surface area contributed by atoms with Gasteiger partial charge in [0.2, 0.25) is 0 Å². The minimum atomic E-state index is -1.36. The molecular formula is C34H47N3O10. The number of urea groups is 1. The minimum absolute atomic E-state index is 0.0134. The van der Waals surface area contributed by atoms with E-state index in [-0.39, 0.29) is 88.9 Å². The van der Waals surface area contributed by atoms with Gasteiger partial charge in [-0.1, -0.05) is 34.6 Å². The highest BCUT2D eigenvalue weighted by Crippen LogP contribution is 2.48. The summed E-state index contributed by atoms with van der Waals surface area (Å²) >= 11 is 0. The Kier molecular flexibility index (Phi) is 13.8. The summed E-state index contributed by atoms with van der Waals surface area (Å²) in [5.74, 6) is -5.35. The number of carboxylic acid groups (broad SMARTS) is 3. The van der Waals surface area contributed by atoms with Crippen LogP contribution >= 0.6 is 0 Å². The third kappa shape index (κ3) is 13.4. The van der Waals surface area contributed by atoms with Gasteiger partial charge in [-0.3, -0.25) is 14.4 Å². The minimum Gasteiger partial charge on any atom is -0.478 e. The van der Waals surface area contributed by atoms with Gasteiger partial charge in [-0.05, 0) is 72.6 Å². The average molecular weight is 658 g/mol. The number of amides is 3. The van der Waals surface area contributed by atoms with Crippen molar-refractivity contribution in [1.82, 2.24) is 16.0 Å². The van der Waals surface area contributed by atoms with Crippen LogP contribution in [0.4, 0.5) is 4.79 Å². The maximum Gasteiger partial charge on any atom is 0.336 e. The summed E-state index contributed by atoms with van der Waals surface area (Å²) in [6, 6.07) is 2.73. The smallest absolute Gasteiger partial charge is 0.336 e. The molecular weight excluding hydrogens is 610 g/mol. The van der Waals surface area contributed by atoms with E-state index >= 15 is 0 Å². The van der Waals surface area contributed by atoms with E-state index in [1.54, 1.807) is 13.8 Å². The van der Waals surface area contributed by atoms with Crippen LogP contribution < -0.4 is 16.0 Å². The molecule has 0 bridgehead atoms. The van der Waals surface area contributed by atoms with E-state index in [0.717, 1.165) is 43.2 Å². The third-order valence-electron chi connectivity index (χ3n) is 8.29. The van der Waals surface area contributed by atoms with Crippen LogP contribution in [-0.4, -0.2) is 75.9 Å². The van der Waals surface area contributed by atoms with Crippen molar-refractivity contribution in [2.75, 3.05) is 13.1 Å². The molecule has 0 radical (unpaired) electrons. The van der Waals surface area contributed by atoms with Crippen molar-refractivity contribution in [2.45, 2.75) is 85.6 Å². The van der Waals surface area contributed by atoms with Crippen molar-refractivity contribution < 1.29 is 48.9 Å².